The molecule has 0 aliphatic heterocycles. The Balaban J connectivity index is 2.02. The van der Waals surface area contributed by atoms with Crippen LogP contribution in [0.2, 0.25) is 0 Å². The number of anilines is 1. The van der Waals surface area contributed by atoms with Crippen LogP contribution in [0.25, 0.3) is 11.3 Å². The number of sulfonamides is 1. The van der Waals surface area contributed by atoms with E-state index < -0.39 is 10.0 Å². The standard InChI is InChI=1S/C19H20N2O3S/c1-4-15-7-8-16(18-11-14(3)20-24-18)12-19(15)25(22,23)21-17-9-5-13(2)6-10-17/h5-12,21H,4H2,1-3H3. The largest absolute Gasteiger partial charge is 0.356 e. The molecule has 0 unspecified atom stereocenters. The fraction of sp³-hybridized carbons (Fsp3) is 0.211. The molecule has 0 aliphatic rings. The minimum Gasteiger partial charge on any atom is -0.356 e. The van der Waals surface area contributed by atoms with Gasteiger partial charge in [-0.1, -0.05) is 41.9 Å². The maximum atomic E-state index is 12.9. The predicted octanol–water partition coefficient (Wildman–Crippen LogP) is 4.32. The van der Waals surface area contributed by atoms with Crippen LogP contribution in [0.1, 0.15) is 23.7 Å². The number of hydrogen-bond donors (Lipinski definition) is 1. The van der Waals surface area contributed by atoms with Crippen molar-refractivity contribution in [3.63, 3.8) is 0 Å². The molecular formula is C19H20N2O3S. The Bertz CT molecular complexity index is 990. The topological polar surface area (TPSA) is 72.2 Å². The molecule has 3 rings (SSSR count). The highest BCUT2D eigenvalue weighted by Gasteiger charge is 2.20. The minimum atomic E-state index is -3.70. The van der Waals surface area contributed by atoms with Crippen LogP contribution >= 0.6 is 0 Å². The molecular weight excluding hydrogens is 336 g/mol. The molecule has 6 heteroatoms. The van der Waals surface area contributed by atoms with E-state index in [0.29, 0.717) is 23.4 Å². The molecule has 0 spiro atoms. The van der Waals surface area contributed by atoms with Gasteiger partial charge >= 0.3 is 0 Å². The Labute approximate surface area is 147 Å². The smallest absolute Gasteiger partial charge is 0.262 e. The summed E-state index contributed by atoms with van der Waals surface area (Å²) in [5.41, 5.74) is 3.78. The van der Waals surface area contributed by atoms with E-state index in [1.807, 2.05) is 45.0 Å². The van der Waals surface area contributed by atoms with Gasteiger partial charge in [0.1, 0.15) is 0 Å². The van der Waals surface area contributed by atoms with Gasteiger partial charge in [-0.2, -0.15) is 0 Å². The Morgan fingerprint density at radius 1 is 1.04 bits per heavy atom. The first-order chi connectivity index (χ1) is 11.9. The summed E-state index contributed by atoms with van der Waals surface area (Å²) in [5, 5.41) is 3.86. The lowest BCUT2D eigenvalue weighted by Crippen LogP contribution is -2.15. The van der Waals surface area contributed by atoms with Crippen molar-refractivity contribution in [3.8, 4) is 11.3 Å². The molecule has 1 aromatic heterocycles. The van der Waals surface area contributed by atoms with Crippen LogP contribution in [0.15, 0.2) is 57.9 Å². The van der Waals surface area contributed by atoms with Crippen molar-refractivity contribution in [2.24, 2.45) is 0 Å². The number of nitrogens with one attached hydrogen (secondary N) is 1. The summed E-state index contributed by atoms with van der Waals surface area (Å²) in [6.45, 7) is 5.71. The Hall–Kier alpha value is -2.60. The third-order valence-corrected chi connectivity index (χ3v) is 5.42. The highest BCUT2D eigenvalue weighted by atomic mass is 32.2. The van der Waals surface area contributed by atoms with E-state index in [2.05, 4.69) is 9.88 Å². The van der Waals surface area contributed by atoms with Gasteiger partial charge in [-0.25, -0.2) is 8.42 Å². The lowest BCUT2D eigenvalue weighted by molar-refractivity contribution is 0.427. The molecule has 0 atom stereocenters. The quantitative estimate of drug-likeness (QED) is 0.739. The van der Waals surface area contributed by atoms with Gasteiger partial charge in [0, 0.05) is 17.3 Å². The molecule has 5 nitrogen and oxygen atoms in total. The molecule has 0 saturated carbocycles. The summed E-state index contributed by atoms with van der Waals surface area (Å²) in [5.74, 6) is 0.548. The van der Waals surface area contributed by atoms with Gasteiger partial charge in [0.2, 0.25) is 0 Å². The van der Waals surface area contributed by atoms with Crippen LogP contribution in [0.3, 0.4) is 0 Å². The van der Waals surface area contributed by atoms with Crippen molar-refractivity contribution in [3.05, 3.63) is 65.4 Å². The number of nitrogens with zero attached hydrogens (tertiary/aromatic N) is 1. The van der Waals surface area contributed by atoms with Gasteiger partial charge in [-0.15, -0.1) is 0 Å². The average molecular weight is 356 g/mol. The summed E-state index contributed by atoms with van der Waals surface area (Å²) < 4.78 is 33.7. The molecule has 2 aromatic carbocycles. The van der Waals surface area contributed by atoms with Crippen LogP contribution in [0.5, 0.6) is 0 Å². The molecule has 1 heterocycles. The highest BCUT2D eigenvalue weighted by molar-refractivity contribution is 7.92. The van der Waals surface area contributed by atoms with Crippen molar-refractivity contribution < 1.29 is 12.9 Å². The molecule has 1 N–H and O–H groups in total. The molecule has 25 heavy (non-hydrogen) atoms. The molecule has 0 saturated heterocycles. The van der Waals surface area contributed by atoms with E-state index in [1.165, 1.54) is 0 Å². The zero-order valence-corrected chi connectivity index (χ0v) is 15.2. The lowest BCUT2D eigenvalue weighted by atomic mass is 10.1. The number of aryl methyl sites for hydroxylation is 3. The van der Waals surface area contributed by atoms with Crippen molar-refractivity contribution in [2.45, 2.75) is 32.1 Å². The van der Waals surface area contributed by atoms with E-state index in [0.717, 1.165) is 16.8 Å². The van der Waals surface area contributed by atoms with Crippen LogP contribution in [0.4, 0.5) is 5.69 Å². The second-order valence-corrected chi connectivity index (χ2v) is 7.63. The van der Waals surface area contributed by atoms with E-state index >= 15 is 0 Å². The van der Waals surface area contributed by atoms with Crippen LogP contribution in [0, 0.1) is 13.8 Å². The first kappa shape index (κ1) is 17.2. The maximum Gasteiger partial charge on any atom is 0.262 e. The van der Waals surface area contributed by atoms with Crippen molar-refractivity contribution in [1.29, 1.82) is 0 Å². The average Bonchev–Trinajstić information content (AvgIpc) is 3.02. The minimum absolute atomic E-state index is 0.252. The van der Waals surface area contributed by atoms with E-state index in [9.17, 15) is 8.42 Å². The summed E-state index contributed by atoms with van der Waals surface area (Å²) in [4.78, 5) is 0.252. The van der Waals surface area contributed by atoms with E-state index in [1.54, 1.807) is 24.3 Å². The SMILES string of the molecule is CCc1ccc(-c2cc(C)no2)cc1S(=O)(=O)Nc1ccc(C)cc1. The predicted molar refractivity (Wildman–Crippen MR) is 98.0 cm³/mol. The Morgan fingerprint density at radius 3 is 2.36 bits per heavy atom. The van der Waals surface area contributed by atoms with Gasteiger partial charge in [-0.3, -0.25) is 4.72 Å². The second-order valence-electron chi connectivity index (χ2n) is 5.98. The van der Waals surface area contributed by atoms with E-state index in [-0.39, 0.29) is 4.90 Å². The first-order valence-electron chi connectivity index (χ1n) is 8.05. The van der Waals surface area contributed by atoms with Gasteiger partial charge in [0.15, 0.2) is 5.76 Å². The number of hydrogen-bond acceptors (Lipinski definition) is 4. The molecule has 130 valence electrons. The fourth-order valence-corrected chi connectivity index (χ4v) is 3.98. The third-order valence-electron chi connectivity index (χ3n) is 3.95. The summed E-state index contributed by atoms with van der Waals surface area (Å²) in [6, 6.07) is 14.3. The highest BCUT2D eigenvalue weighted by Crippen LogP contribution is 2.27. The van der Waals surface area contributed by atoms with E-state index in [4.69, 9.17) is 4.52 Å². The van der Waals surface area contributed by atoms with Gasteiger partial charge < -0.3 is 4.52 Å². The number of aromatic nitrogens is 1. The molecule has 3 aromatic rings. The van der Waals surface area contributed by atoms with Crippen molar-refractivity contribution in [2.75, 3.05) is 4.72 Å². The fourth-order valence-electron chi connectivity index (χ4n) is 2.58. The maximum absolute atomic E-state index is 12.9. The normalized spacial score (nSPS) is 11.5. The second kappa shape index (κ2) is 6.72. The molecule has 0 bridgehead atoms. The molecule has 0 aliphatic carbocycles. The van der Waals surface area contributed by atoms with Gasteiger partial charge in [0.05, 0.1) is 10.6 Å². The first-order valence-corrected chi connectivity index (χ1v) is 9.53. The summed E-state index contributed by atoms with van der Waals surface area (Å²) >= 11 is 0. The molecule has 0 radical (unpaired) electrons. The van der Waals surface area contributed by atoms with Crippen molar-refractivity contribution >= 4 is 15.7 Å². The summed E-state index contributed by atoms with van der Waals surface area (Å²) in [7, 11) is -3.70. The van der Waals surface area contributed by atoms with Crippen LogP contribution in [-0.2, 0) is 16.4 Å². The number of rotatable bonds is 5. The van der Waals surface area contributed by atoms with Crippen molar-refractivity contribution in [1.82, 2.24) is 5.16 Å². The molecule has 0 amide bonds. The van der Waals surface area contributed by atoms with Gasteiger partial charge in [-0.05, 0) is 44.0 Å². The Morgan fingerprint density at radius 2 is 1.76 bits per heavy atom. The molecule has 0 fully saturated rings. The third kappa shape index (κ3) is 3.74. The zero-order valence-electron chi connectivity index (χ0n) is 14.4. The lowest BCUT2D eigenvalue weighted by Gasteiger charge is -2.13. The van der Waals surface area contributed by atoms with Gasteiger partial charge in [0.25, 0.3) is 10.0 Å². The summed E-state index contributed by atoms with van der Waals surface area (Å²) in [6.07, 6.45) is 0.611. The number of benzene rings is 2. The van der Waals surface area contributed by atoms with Crippen LogP contribution < -0.4 is 4.72 Å². The Kier molecular flexibility index (Phi) is 4.63. The monoisotopic (exact) mass is 356 g/mol. The van der Waals surface area contributed by atoms with Crippen LogP contribution in [-0.4, -0.2) is 13.6 Å². The zero-order chi connectivity index (χ0) is 18.0.